The standard InChI is InChI=1S/C15H22ClN3O/c1-4-12-10-19(8-7-18(12)3)15(20)13-9-11(16)5-6-14(13)17-2/h5-6,9,12,17H,4,7-8,10H2,1-3H3. The highest BCUT2D eigenvalue weighted by molar-refractivity contribution is 6.31. The van der Waals surface area contributed by atoms with Gasteiger partial charge >= 0.3 is 0 Å². The van der Waals surface area contributed by atoms with Gasteiger partial charge in [-0.15, -0.1) is 0 Å². The predicted molar refractivity (Wildman–Crippen MR) is 83.6 cm³/mol. The van der Waals surface area contributed by atoms with Crippen molar-refractivity contribution in [3.8, 4) is 0 Å². The van der Waals surface area contributed by atoms with Crippen molar-refractivity contribution in [3.05, 3.63) is 28.8 Å². The Morgan fingerprint density at radius 2 is 2.20 bits per heavy atom. The van der Waals surface area contributed by atoms with Gasteiger partial charge in [-0.2, -0.15) is 0 Å². The van der Waals surface area contributed by atoms with E-state index < -0.39 is 0 Å². The molecule has 0 aromatic heterocycles. The van der Waals surface area contributed by atoms with Gasteiger partial charge in [-0.1, -0.05) is 18.5 Å². The molecule has 1 N–H and O–H groups in total. The molecule has 0 saturated carbocycles. The maximum absolute atomic E-state index is 12.7. The highest BCUT2D eigenvalue weighted by Crippen LogP contribution is 2.23. The van der Waals surface area contributed by atoms with Crippen LogP contribution in [0, 0.1) is 0 Å². The van der Waals surface area contributed by atoms with Gasteiger partial charge in [0.2, 0.25) is 0 Å². The van der Waals surface area contributed by atoms with Crippen molar-refractivity contribution in [2.24, 2.45) is 0 Å². The number of hydrogen-bond donors (Lipinski definition) is 1. The zero-order chi connectivity index (χ0) is 14.7. The number of benzene rings is 1. The lowest BCUT2D eigenvalue weighted by Gasteiger charge is -2.39. The van der Waals surface area contributed by atoms with Gasteiger partial charge in [-0.3, -0.25) is 9.69 Å². The van der Waals surface area contributed by atoms with Crippen LogP contribution in [0.25, 0.3) is 0 Å². The highest BCUT2D eigenvalue weighted by Gasteiger charge is 2.27. The minimum Gasteiger partial charge on any atom is -0.387 e. The van der Waals surface area contributed by atoms with Gasteiger partial charge in [0.25, 0.3) is 5.91 Å². The summed E-state index contributed by atoms with van der Waals surface area (Å²) in [6.45, 7) is 4.62. The van der Waals surface area contributed by atoms with E-state index >= 15 is 0 Å². The molecule has 5 heteroatoms. The van der Waals surface area contributed by atoms with Crippen molar-refractivity contribution in [1.82, 2.24) is 9.80 Å². The Labute approximate surface area is 125 Å². The molecule has 4 nitrogen and oxygen atoms in total. The van der Waals surface area contributed by atoms with Gasteiger partial charge in [0.15, 0.2) is 0 Å². The third kappa shape index (κ3) is 3.07. The lowest BCUT2D eigenvalue weighted by Crippen LogP contribution is -2.53. The summed E-state index contributed by atoms with van der Waals surface area (Å²) < 4.78 is 0. The molecule has 1 atom stereocenters. The molecule has 1 amide bonds. The van der Waals surface area contributed by atoms with Gasteiger partial charge in [0.05, 0.1) is 5.56 Å². The number of anilines is 1. The lowest BCUT2D eigenvalue weighted by molar-refractivity contribution is 0.0543. The minimum absolute atomic E-state index is 0.0587. The van der Waals surface area contributed by atoms with Crippen molar-refractivity contribution >= 4 is 23.2 Å². The second kappa shape index (κ2) is 6.46. The molecule has 1 aliphatic heterocycles. The molecule has 110 valence electrons. The van der Waals surface area contributed by atoms with Crippen molar-refractivity contribution < 1.29 is 4.79 Å². The second-order valence-electron chi connectivity index (χ2n) is 5.23. The third-order valence-electron chi connectivity index (χ3n) is 4.02. The molecule has 1 aromatic rings. The highest BCUT2D eigenvalue weighted by atomic mass is 35.5. The Kier molecular flexibility index (Phi) is 4.89. The average molecular weight is 296 g/mol. The van der Waals surface area contributed by atoms with Gasteiger partial charge in [0, 0.05) is 43.4 Å². The molecule has 1 aromatic carbocycles. The summed E-state index contributed by atoms with van der Waals surface area (Å²) in [7, 11) is 3.94. The molecule has 20 heavy (non-hydrogen) atoms. The Hall–Kier alpha value is -1.26. The Balaban J connectivity index is 2.21. The first-order valence-corrected chi connectivity index (χ1v) is 7.41. The Morgan fingerprint density at radius 3 is 2.85 bits per heavy atom. The molecular weight excluding hydrogens is 274 g/mol. The fourth-order valence-electron chi connectivity index (χ4n) is 2.65. The maximum Gasteiger partial charge on any atom is 0.256 e. The number of halogens is 1. The van der Waals surface area contributed by atoms with E-state index in [4.69, 9.17) is 11.6 Å². The third-order valence-corrected chi connectivity index (χ3v) is 4.25. The lowest BCUT2D eigenvalue weighted by atomic mass is 10.1. The van der Waals surface area contributed by atoms with Gasteiger partial charge in [-0.05, 0) is 31.7 Å². The van der Waals surface area contributed by atoms with Crippen LogP contribution in [0.5, 0.6) is 0 Å². The Morgan fingerprint density at radius 1 is 1.45 bits per heavy atom. The number of nitrogens with one attached hydrogen (secondary N) is 1. The number of rotatable bonds is 3. The maximum atomic E-state index is 12.7. The molecular formula is C15H22ClN3O. The quantitative estimate of drug-likeness (QED) is 0.931. The second-order valence-corrected chi connectivity index (χ2v) is 5.67. The van der Waals surface area contributed by atoms with E-state index in [0.717, 1.165) is 31.7 Å². The summed E-state index contributed by atoms with van der Waals surface area (Å²) >= 11 is 6.03. The summed E-state index contributed by atoms with van der Waals surface area (Å²) in [5, 5.41) is 3.65. The van der Waals surface area contributed by atoms with Crippen LogP contribution in [0.2, 0.25) is 5.02 Å². The first-order valence-electron chi connectivity index (χ1n) is 7.03. The van der Waals surface area contributed by atoms with Crippen LogP contribution in [0.3, 0.4) is 0 Å². The normalized spacial score (nSPS) is 20.0. The number of piperazine rings is 1. The molecule has 1 aliphatic rings. The van der Waals surface area contributed by atoms with Crippen molar-refractivity contribution in [2.75, 3.05) is 39.0 Å². The van der Waals surface area contributed by atoms with E-state index in [9.17, 15) is 4.79 Å². The van der Waals surface area contributed by atoms with E-state index in [1.165, 1.54) is 0 Å². The monoisotopic (exact) mass is 295 g/mol. The summed E-state index contributed by atoms with van der Waals surface area (Å²) in [4.78, 5) is 17.0. The predicted octanol–water partition coefficient (Wildman–Crippen LogP) is 2.55. The van der Waals surface area contributed by atoms with Crippen LogP contribution in [0.15, 0.2) is 18.2 Å². The molecule has 0 radical (unpaired) electrons. The number of amides is 1. The molecule has 1 heterocycles. The van der Waals surface area contributed by atoms with Crippen LogP contribution in [-0.4, -0.2) is 55.5 Å². The van der Waals surface area contributed by atoms with Crippen LogP contribution in [0.4, 0.5) is 5.69 Å². The fraction of sp³-hybridized carbons (Fsp3) is 0.533. The number of hydrogen-bond acceptors (Lipinski definition) is 3. The minimum atomic E-state index is 0.0587. The first kappa shape index (κ1) is 15.1. The number of carbonyl (C=O) groups is 1. The molecule has 1 fully saturated rings. The molecule has 1 saturated heterocycles. The molecule has 2 rings (SSSR count). The van der Waals surface area contributed by atoms with Gasteiger partial charge in [-0.25, -0.2) is 0 Å². The van der Waals surface area contributed by atoms with E-state index in [-0.39, 0.29) is 5.91 Å². The summed E-state index contributed by atoms with van der Waals surface area (Å²) in [5.41, 5.74) is 1.48. The fourth-order valence-corrected chi connectivity index (χ4v) is 2.83. The number of carbonyl (C=O) groups excluding carboxylic acids is 1. The summed E-state index contributed by atoms with van der Waals surface area (Å²) in [6, 6.07) is 5.82. The van der Waals surface area contributed by atoms with E-state index in [1.54, 1.807) is 12.1 Å². The largest absolute Gasteiger partial charge is 0.387 e. The van der Waals surface area contributed by atoms with E-state index in [0.29, 0.717) is 16.6 Å². The van der Waals surface area contributed by atoms with Crippen LogP contribution < -0.4 is 5.32 Å². The smallest absolute Gasteiger partial charge is 0.256 e. The molecule has 0 spiro atoms. The first-order chi connectivity index (χ1) is 9.56. The Bertz CT molecular complexity index is 492. The zero-order valence-electron chi connectivity index (χ0n) is 12.3. The van der Waals surface area contributed by atoms with E-state index in [1.807, 2.05) is 18.0 Å². The van der Waals surface area contributed by atoms with Gasteiger partial charge < -0.3 is 10.2 Å². The van der Waals surface area contributed by atoms with Gasteiger partial charge in [0.1, 0.15) is 0 Å². The molecule has 1 unspecified atom stereocenters. The topological polar surface area (TPSA) is 35.6 Å². The van der Waals surface area contributed by atoms with Crippen LogP contribution in [-0.2, 0) is 0 Å². The zero-order valence-corrected chi connectivity index (χ0v) is 13.1. The van der Waals surface area contributed by atoms with E-state index in [2.05, 4.69) is 24.2 Å². The molecule has 0 bridgehead atoms. The van der Waals surface area contributed by atoms with Crippen molar-refractivity contribution in [2.45, 2.75) is 19.4 Å². The van der Waals surface area contributed by atoms with Crippen LogP contribution >= 0.6 is 11.6 Å². The number of likely N-dealkylation sites (N-methyl/N-ethyl adjacent to an activating group) is 1. The molecule has 0 aliphatic carbocycles. The van der Waals surface area contributed by atoms with Crippen molar-refractivity contribution in [1.29, 1.82) is 0 Å². The average Bonchev–Trinajstić information content (AvgIpc) is 2.47. The summed E-state index contributed by atoms with van der Waals surface area (Å²) in [5.74, 6) is 0.0587. The van der Waals surface area contributed by atoms with Crippen LogP contribution in [0.1, 0.15) is 23.7 Å². The SMILES string of the molecule is CCC1CN(C(=O)c2cc(Cl)ccc2NC)CCN1C. The van der Waals surface area contributed by atoms with Crippen molar-refractivity contribution in [3.63, 3.8) is 0 Å². The summed E-state index contributed by atoms with van der Waals surface area (Å²) in [6.07, 6.45) is 1.05. The number of nitrogens with zero attached hydrogens (tertiary/aromatic N) is 2.